The molecule has 1 N–H and O–H groups in total. The fourth-order valence-electron chi connectivity index (χ4n) is 1.44. The first-order valence-electron chi connectivity index (χ1n) is 6.30. The van der Waals surface area contributed by atoms with Gasteiger partial charge in [0, 0.05) is 30.8 Å². The third-order valence-corrected chi connectivity index (χ3v) is 2.89. The maximum absolute atomic E-state index is 11.9. The number of rotatable bonds is 4. The molecule has 1 rings (SSSR count). The number of carbonyl (C=O) groups is 2. The van der Waals surface area contributed by atoms with Crippen LogP contribution in [0.3, 0.4) is 0 Å². The molecule has 0 aliphatic carbocycles. The summed E-state index contributed by atoms with van der Waals surface area (Å²) in [7, 11) is 3.88. The maximum atomic E-state index is 11.9. The molecule has 1 amide bonds. The quantitative estimate of drug-likeness (QED) is 0.904. The van der Waals surface area contributed by atoms with Crippen LogP contribution in [0.15, 0.2) is 24.3 Å². The smallest absolute Gasteiger partial charge is 0.251 e. The molecule has 0 heterocycles. The number of ketones is 1. The van der Waals surface area contributed by atoms with Crippen LogP contribution < -0.4 is 10.2 Å². The van der Waals surface area contributed by atoms with E-state index in [9.17, 15) is 9.59 Å². The van der Waals surface area contributed by atoms with Crippen LogP contribution in [0.2, 0.25) is 0 Å². The van der Waals surface area contributed by atoms with Crippen molar-refractivity contribution in [3.05, 3.63) is 29.8 Å². The largest absolute Gasteiger partial charge is 0.378 e. The number of nitrogens with one attached hydrogen (secondary N) is 1. The number of benzene rings is 1. The van der Waals surface area contributed by atoms with Crippen LogP contribution >= 0.6 is 0 Å². The Bertz CT molecular complexity index is 456. The molecule has 0 aliphatic rings. The van der Waals surface area contributed by atoms with Crippen LogP contribution in [0.5, 0.6) is 0 Å². The second-order valence-corrected chi connectivity index (χ2v) is 5.80. The van der Waals surface area contributed by atoms with E-state index in [4.69, 9.17) is 0 Å². The van der Waals surface area contributed by atoms with Gasteiger partial charge in [-0.15, -0.1) is 0 Å². The molecule has 0 aliphatic heterocycles. The second kappa shape index (κ2) is 5.87. The SMILES string of the molecule is CN(C)c1ccc(C(=O)NCC(=O)C(C)(C)C)cc1. The Kier molecular flexibility index (Phi) is 4.70. The third kappa shape index (κ3) is 4.39. The van der Waals surface area contributed by atoms with E-state index in [1.165, 1.54) is 0 Å². The molecule has 19 heavy (non-hydrogen) atoms. The summed E-state index contributed by atoms with van der Waals surface area (Å²) in [6, 6.07) is 7.26. The molecule has 0 fully saturated rings. The average molecular weight is 262 g/mol. The summed E-state index contributed by atoms with van der Waals surface area (Å²) < 4.78 is 0. The van der Waals surface area contributed by atoms with Crippen molar-refractivity contribution in [2.75, 3.05) is 25.5 Å². The number of nitrogens with zero attached hydrogens (tertiary/aromatic N) is 1. The summed E-state index contributed by atoms with van der Waals surface area (Å²) in [5.41, 5.74) is 1.16. The summed E-state index contributed by atoms with van der Waals surface area (Å²) in [5.74, 6) is -0.200. The van der Waals surface area contributed by atoms with Gasteiger partial charge in [0.05, 0.1) is 6.54 Å². The molecule has 0 radical (unpaired) electrons. The minimum atomic E-state index is -0.429. The molecular formula is C15H22N2O2. The zero-order valence-corrected chi connectivity index (χ0v) is 12.3. The summed E-state index contributed by atoms with van der Waals surface area (Å²) >= 11 is 0. The molecular weight excluding hydrogens is 240 g/mol. The number of Topliss-reactive ketones (excluding diaryl/α,β-unsaturated/α-hetero) is 1. The van der Waals surface area contributed by atoms with E-state index >= 15 is 0 Å². The van der Waals surface area contributed by atoms with E-state index in [0.717, 1.165) is 5.69 Å². The molecule has 0 spiro atoms. The molecule has 0 saturated carbocycles. The van der Waals surface area contributed by atoms with Crippen LogP contribution in [0.25, 0.3) is 0 Å². The first-order valence-corrected chi connectivity index (χ1v) is 6.30. The number of hydrogen-bond donors (Lipinski definition) is 1. The van der Waals surface area contributed by atoms with Crippen LogP contribution in [-0.4, -0.2) is 32.3 Å². The van der Waals surface area contributed by atoms with Gasteiger partial charge in [0.2, 0.25) is 0 Å². The van der Waals surface area contributed by atoms with Gasteiger partial charge in [0.1, 0.15) is 0 Å². The lowest BCUT2D eigenvalue weighted by atomic mass is 9.91. The number of hydrogen-bond acceptors (Lipinski definition) is 3. The molecule has 0 aromatic heterocycles. The van der Waals surface area contributed by atoms with E-state index in [1.807, 2.05) is 51.9 Å². The van der Waals surface area contributed by atoms with Crippen molar-refractivity contribution in [1.29, 1.82) is 0 Å². The molecule has 4 nitrogen and oxygen atoms in total. The van der Waals surface area contributed by atoms with Crippen molar-refractivity contribution >= 4 is 17.4 Å². The van der Waals surface area contributed by atoms with Crippen molar-refractivity contribution in [1.82, 2.24) is 5.32 Å². The van der Waals surface area contributed by atoms with E-state index < -0.39 is 5.41 Å². The molecule has 0 saturated heterocycles. The maximum Gasteiger partial charge on any atom is 0.251 e. The summed E-state index contributed by atoms with van der Waals surface area (Å²) in [4.78, 5) is 25.6. The van der Waals surface area contributed by atoms with Crippen LogP contribution in [0.4, 0.5) is 5.69 Å². The van der Waals surface area contributed by atoms with Gasteiger partial charge in [-0.2, -0.15) is 0 Å². The molecule has 4 heteroatoms. The number of anilines is 1. The number of carbonyl (C=O) groups excluding carboxylic acids is 2. The standard InChI is InChI=1S/C15H22N2O2/c1-15(2,3)13(18)10-16-14(19)11-6-8-12(9-7-11)17(4)5/h6-9H,10H2,1-5H3,(H,16,19). The zero-order valence-electron chi connectivity index (χ0n) is 12.3. The van der Waals surface area contributed by atoms with Gasteiger partial charge < -0.3 is 10.2 Å². The van der Waals surface area contributed by atoms with Crippen molar-refractivity contribution in [2.45, 2.75) is 20.8 Å². The number of amides is 1. The Balaban J connectivity index is 2.62. The topological polar surface area (TPSA) is 49.4 Å². The first kappa shape index (κ1) is 15.2. The fourth-order valence-corrected chi connectivity index (χ4v) is 1.44. The predicted octanol–water partition coefficient (Wildman–Crippen LogP) is 2.10. The van der Waals surface area contributed by atoms with Crippen LogP contribution in [0, 0.1) is 5.41 Å². The summed E-state index contributed by atoms with van der Waals surface area (Å²) in [6.45, 7) is 5.59. The van der Waals surface area contributed by atoms with E-state index in [1.54, 1.807) is 12.1 Å². The highest BCUT2D eigenvalue weighted by Crippen LogP contribution is 2.14. The van der Waals surface area contributed by atoms with Gasteiger partial charge in [0.15, 0.2) is 5.78 Å². The monoisotopic (exact) mass is 262 g/mol. The highest BCUT2D eigenvalue weighted by Gasteiger charge is 2.21. The first-order chi connectivity index (χ1) is 8.71. The van der Waals surface area contributed by atoms with Crippen LogP contribution in [-0.2, 0) is 4.79 Å². The third-order valence-electron chi connectivity index (χ3n) is 2.89. The highest BCUT2D eigenvalue weighted by molar-refractivity contribution is 5.97. The normalized spacial score (nSPS) is 11.0. The Labute approximate surface area is 114 Å². The Morgan fingerprint density at radius 3 is 2.05 bits per heavy atom. The van der Waals surface area contributed by atoms with E-state index in [2.05, 4.69) is 5.32 Å². The van der Waals surface area contributed by atoms with Gasteiger partial charge in [-0.05, 0) is 24.3 Å². The van der Waals surface area contributed by atoms with Gasteiger partial charge >= 0.3 is 0 Å². The van der Waals surface area contributed by atoms with Gasteiger partial charge in [-0.25, -0.2) is 0 Å². The molecule has 1 aromatic rings. The molecule has 0 atom stereocenters. The molecule has 0 unspecified atom stereocenters. The summed E-state index contributed by atoms with van der Waals surface area (Å²) in [5, 5.41) is 2.65. The Morgan fingerprint density at radius 2 is 1.63 bits per heavy atom. The van der Waals surface area contributed by atoms with Gasteiger partial charge in [-0.1, -0.05) is 20.8 Å². The molecule has 1 aromatic carbocycles. The van der Waals surface area contributed by atoms with Crippen molar-refractivity contribution in [3.8, 4) is 0 Å². The average Bonchev–Trinajstić information content (AvgIpc) is 2.34. The zero-order chi connectivity index (χ0) is 14.6. The lowest BCUT2D eigenvalue weighted by Crippen LogP contribution is -2.35. The highest BCUT2D eigenvalue weighted by atomic mass is 16.2. The van der Waals surface area contributed by atoms with Crippen molar-refractivity contribution < 1.29 is 9.59 Å². The lowest BCUT2D eigenvalue weighted by molar-refractivity contribution is -0.125. The Morgan fingerprint density at radius 1 is 1.11 bits per heavy atom. The van der Waals surface area contributed by atoms with Crippen molar-refractivity contribution in [2.24, 2.45) is 5.41 Å². The van der Waals surface area contributed by atoms with Crippen molar-refractivity contribution in [3.63, 3.8) is 0 Å². The predicted molar refractivity (Wildman–Crippen MR) is 77.6 cm³/mol. The lowest BCUT2D eigenvalue weighted by Gasteiger charge is -2.17. The minimum Gasteiger partial charge on any atom is -0.378 e. The van der Waals surface area contributed by atoms with E-state index in [-0.39, 0.29) is 18.2 Å². The summed E-state index contributed by atoms with van der Waals surface area (Å²) in [6.07, 6.45) is 0. The molecule has 104 valence electrons. The van der Waals surface area contributed by atoms with Gasteiger partial charge in [0.25, 0.3) is 5.91 Å². The van der Waals surface area contributed by atoms with Gasteiger partial charge in [-0.3, -0.25) is 9.59 Å². The fraction of sp³-hybridized carbons (Fsp3) is 0.467. The van der Waals surface area contributed by atoms with Crippen LogP contribution in [0.1, 0.15) is 31.1 Å². The molecule has 0 bridgehead atoms. The minimum absolute atomic E-state index is 0.0192. The second-order valence-electron chi connectivity index (χ2n) is 5.80. The van der Waals surface area contributed by atoms with E-state index in [0.29, 0.717) is 5.56 Å². The Hall–Kier alpha value is -1.84.